The van der Waals surface area contributed by atoms with E-state index in [2.05, 4.69) is 140 Å². The summed E-state index contributed by atoms with van der Waals surface area (Å²) in [6.07, 6.45) is 11.4. The van der Waals surface area contributed by atoms with Crippen molar-refractivity contribution in [3.8, 4) is 48.2 Å². The highest BCUT2D eigenvalue weighted by Crippen LogP contribution is 2.43. The topological polar surface area (TPSA) is 497 Å². The predicted octanol–water partition coefficient (Wildman–Crippen LogP) is 21.3. The molecule has 7 N–H and O–H groups in total. The molecule has 7 aliphatic heterocycles. The van der Waals surface area contributed by atoms with Gasteiger partial charge in [0.2, 0.25) is 37.0 Å². The Hall–Kier alpha value is -13.9. The molecule has 48 heteroatoms. The number of hydrogen-bond acceptors (Lipinski definition) is 38. The average molecular weight is 2120 g/mol. The molecule has 0 unspecified atom stereocenters. The quantitative estimate of drug-likeness (QED) is 0.0370. The molecule has 0 fully saturated rings. The number of allylic oxidation sites excluding steroid dienone is 9. The molecule has 7 aromatic heterocycles. The van der Waals surface area contributed by atoms with Crippen LogP contribution in [0.2, 0.25) is 42.0 Å². The minimum atomic E-state index is -1.05. The van der Waals surface area contributed by atoms with Crippen LogP contribution in [-0.4, -0.2) is 122 Å². The predicted molar refractivity (Wildman–Crippen MR) is 544 cm³/mol. The number of carbonyl (C=O) groups is 2. The second-order valence-corrected chi connectivity index (χ2v) is 35.4. The SMILES string of the molecule is CC1=CSC(=C(C#N)c2ccnc(Cl)n2)N1.CCC1=CSC(=C(C#N)c2ccnc(Cl)n2)N1.CCN1C(C(=O)O)=CSC1=C(C#N)c1ccnc(Cl)n1.CN1C(C(=O)O)=CSC1=C(C#N)c1ccnc(Cl)n1.COc1ccc(C2=CSC(=C(C#N)c3ccnc(Cl)n3)N2)cc1.N#CC(=C1NC(c2ccc(Cl)cc2)=CS1)c1ccnc(Cl)n1.N#CC(=C1NC(c2ccccc2)=CS1)c1ccnc(Cl)n1. The van der Waals surface area contributed by atoms with E-state index in [1.807, 2.05) is 126 Å². The summed E-state index contributed by atoms with van der Waals surface area (Å²) in [5.41, 5.74) is 14.3. The molecule has 138 heavy (non-hydrogen) atoms. The number of nitrogens with zero attached hydrogens (tertiary/aromatic N) is 23. The summed E-state index contributed by atoms with van der Waals surface area (Å²) in [4.78, 5) is 79.9. The van der Waals surface area contributed by atoms with Gasteiger partial charge in [0.15, 0.2) is 0 Å². The number of thioether (sulfide) groups is 7. The maximum absolute atomic E-state index is 11.1. The van der Waals surface area contributed by atoms with Gasteiger partial charge >= 0.3 is 11.9 Å². The third-order valence-electron chi connectivity index (χ3n) is 18.0. The molecule has 14 heterocycles. The smallest absolute Gasteiger partial charge is 0.353 e. The lowest BCUT2D eigenvalue weighted by Crippen LogP contribution is -2.23. The Morgan fingerprint density at radius 3 is 0.957 bits per heavy atom. The number of ether oxygens (including phenoxy) is 1. The number of nitriles is 7. The fourth-order valence-electron chi connectivity index (χ4n) is 11.5. The maximum atomic E-state index is 11.1. The molecule has 0 aliphatic carbocycles. The number of nitrogens with one attached hydrogen (secondary N) is 5. The highest BCUT2D eigenvalue weighted by atomic mass is 35.5. The molecule has 0 radical (unpaired) electrons. The first-order valence-corrected chi connectivity index (χ1v) is 48.2. The first-order valence-electron chi connectivity index (χ1n) is 39.0. The number of aliphatic carboxylic acids is 2. The summed E-state index contributed by atoms with van der Waals surface area (Å²) < 4.78 is 5.15. The zero-order valence-electron chi connectivity index (χ0n) is 71.3. The third kappa shape index (κ3) is 28.4. The minimum Gasteiger partial charge on any atom is -0.497 e. The number of hydrogen-bond donors (Lipinski definition) is 7. The number of methoxy groups -OCH3 is 1. The molecule has 3 aromatic carbocycles. The fourth-order valence-corrected chi connectivity index (χ4v) is 19.2. The van der Waals surface area contributed by atoms with Crippen molar-refractivity contribution in [2.24, 2.45) is 0 Å². The fraction of sp³-hybridized carbons (Fsp3) is 0.0778. The van der Waals surface area contributed by atoms with Crippen molar-refractivity contribution < 1.29 is 24.5 Å². The van der Waals surface area contributed by atoms with E-state index in [1.54, 1.807) is 61.5 Å². The second kappa shape index (κ2) is 51.9. The lowest BCUT2D eigenvalue weighted by atomic mass is 10.1. The summed E-state index contributed by atoms with van der Waals surface area (Å²) in [6.45, 7) is 6.23. The molecule has 17 rings (SSSR count). The highest BCUT2D eigenvalue weighted by Gasteiger charge is 2.31. The standard InChI is InChI=1S/C16H11ClN4OS.C15H8Cl2N4S.C15H9ClN4S.C12H9ClN4O2S.C11H7ClN4O2S.C11H9ClN4S.C10H7ClN4S/c1-22-11-4-2-10(3-5-11)14-9-23-15(20-14)12(8-18)13-6-7-19-16(17)21-13;16-10-3-1-9(2-4-10)13-8-22-14(20-13)11(7-18)12-5-6-19-15(17)21-12;16-15-18-7-6-12(20-15)11(8-17)14-19-13(9-21-14)10-4-2-1-3-5-10;1-2-17-9(11(18)19)6-20-10(17)7(5-14)8-3-4-15-12(13)16-8;1-16-8(10(17)18)5-19-9(16)6(4-13)7-2-3-14-11(12)15-7;1-2-7-6-17-10(15-7)8(5-13)9-3-4-14-11(12)16-9;1-6-5-16-9(14-6)7(4-12)8-2-3-13-10(11)15-8/h2-7,9,20H,1H3;1-6,8,20H;1-7,9,19H;3-4,6H,2H2,1H3,(H,18,19);2-3,5H,1H3,(H,17,18);3-4,6,15H,2H2,1H3;2-3,5,14H,1H3. The highest BCUT2D eigenvalue weighted by molar-refractivity contribution is 8.07. The molecular formula is C90H60Cl8N28O5S7. The second-order valence-electron chi connectivity index (χ2n) is 26.5. The van der Waals surface area contributed by atoms with Crippen LogP contribution in [0, 0.1) is 79.3 Å². The van der Waals surface area contributed by atoms with Crippen LogP contribution >= 0.6 is 175 Å². The van der Waals surface area contributed by atoms with Crippen molar-refractivity contribution in [3.63, 3.8) is 0 Å². The van der Waals surface area contributed by atoms with Crippen molar-refractivity contribution in [1.82, 2.24) is 106 Å². The number of benzene rings is 3. The van der Waals surface area contributed by atoms with E-state index in [1.165, 1.54) is 130 Å². The Balaban J connectivity index is 0.000000155. The zero-order valence-corrected chi connectivity index (χ0v) is 83.1. The van der Waals surface area contributed by atoms with Crippen molar-refractivity contribution in [1.29, 1.82) is 36.8 Å². The third-order valence-corrected chi connectivity index (χ3v) is 26.2. The Labute approximate surface area is 858 Å². The zero-order chi connectivity index (χ0) is 98.9. The first kappa shape index (κ1) is 105. The van der Waals surface area contributed by atoms with Gasteiger partial charge in [0.1, 0.15) is 104 Å². The van der Waals surface area contributed by atoms with Crippen LogP contribution in [0.15, 0.2) is 261 Å². The number of rotatable bonds is 15. The van der Waals surface area contributed by atoms with Crippen molar-refractivity contribution in [2.75, 3.05) is 20.7 Å². The van der Waals surface area contributed by atoms with Crippen LogP contribution in [0.1, 0.15) is 83.7 Å². The van der Waals surface area contributed by atoms with Gasteiger partial charge < -0.3 is 51.3 Å². The van der Waals surface area contributed by atoms with E-state index in [0.29, 0.717) is 99.4 Å². The Morgan fingerprint density at radius 1 is 0.362 bits per heavy atom. The van der Waals surface area contributed by atoms with Crippen LogP contribution in [0.3, 0.4) is 0 Å². The van der Waals surface area contributed by atoms with Gasteiger partial charge in [-0.1, -0.05) is 143 Å². The average Bonchev–Trinajstić information content (AvgIpc) is 1.56. The Morgan fingerprint density at radius 2 is 0.659 bits per heavy atom. The van der Waals surface area contributed by atoms with Crippen molar-refractivity contribution in [3.05, 3.63) is 359 Å². The van der Waals surface area contributed by atoms with Crippen molar-refractivity contribution >= 4 is 243 Å². The van der Waals surface area contributed by atoms with E-state index in [4.69, 9.17) is 113 Å². The minimum absolute atomic E-state index is 0.0305. The van der Waals surface area contributed by atoms with Crippen LogP contribution in [-0.2, 0) is 9.59 Å². The molecule has 33 nitrogen and oxygen atoms in total. The monoisotopic (exact) mass is 2120 g/mol. The summed E-state index contributed by atoms with van der Waals surface area (Å²) in [7, 11) is 3.21. The van der Waals surface area contributed by atoms with Crippen LogP contribution in [0.4, 0.5) is 0 Å². The van der Waals surface area contributed by atoms with E-state index < -0.39 is 11.9 Å². The summed E-state index contributed by atoms with van der Waals surface area (Å²) in [5.74, 6) is -1.29. The van der Waals surface area contributed by atoms with Crippen LogP contribution < -0.4 is 31.3 Å². The lowest BCUT2D eigenvalue weighted by molar-refractivity contribution is -0.134. The van der Waals surface area contributed by atoms with Gasteiger partial charge in [0.25, 0.3) is 0 Å². The Bertz CT molecular complexity index is 7200. The molecule has 688 valence electrons. The van der Waals surface area contributed by atoms with Crippen molar-refractivity contribution in [2.45, 2.75) is 27.2 Å². The van der Waals surface area contributed by atoms with Gasteiger partial charge in [-0.05, 0) is 208 Å². The van der Waals surface area contributed by atoms with Crippen LogP contribution in [0.25, 0.3) is 56.1 Å². The molecule has 10 aromatic rings. The molecule has 0 saturated carbocycles. The normalized spacial score (nSPS) is 16.4. The van der Waals surface area contributed by atoms with Gasteiger partial charge in [-0.15, -0.1) is 0 Å². The van der Waals surface area contributed by atoms with Gasteiger partial charge in [-0.2, -0.15) is 36.8 Å². The van der Waals surface area contributed by atoms with Gasteiger partial charge in [-0.3, -0.25) is 0 Å². The Kier molecular flexibility index (Phi) is 39.3. The number of aromatic nitrogens is 14. The van der Waals surface area contributed by atoms with E-state index in [-0.39, 0.29) is 59.5 Å². The summed E-state index contributed by atoms with van der Waals surface area (Å²) in [6, 6.07) is 51.3. The van der Waals surface area contributed by atoms with Crippen LogP contribution in [0.5, 0.6) is 5.75 Å². The number of halogens is 8. The number of carboxylic acid groups (broad SMARTS) is 2. The lowest BCUT2D eigenvalue weighted by Gasteiger charge is -2.19. The molecule has 0 saturated heterocycles. The number of likely N-dealkylation sites (N-methyl/N-ethyl adjacent to an activating group) is 2. The largest absolute Gasteiger partial charge is 0.497 e. The van der Waals surface area contributed by atoms with Gasteiger partial charge in [-0.25, -0.2) is 79.4 Å². The molecule has 0 bridgehead atoms. The molecule has 0 spiro atoms. The molecule has 0 amide bonds. The van der Waals surface area contributed by atoms with E-state index in [9.17, 15) is 41.2 Å². The maximum Gasteiger partial charge on any atom is 0.353 e. The van der Waals surface area contributed by atoms with Gasteiger partial charge in [0, 0.05) is 100 Å². The molecule has 7 aliphatic rings. The van der Waals surface area contributed by atoms with Gasteiger partial charge in [0.05, 0.1) is 94.2 Å². The summed E-state index contributed by atoms with van der Waals surface area (Å²) in [5, 5.41) is 118. The molecular weight excluding hydrogens is 2060 g/mol. The summed E-state index contributed by atoms with van der Waals surface area (Å²) >= 11 is 55.7. The molecule has 0 atom stereocenters. The number of carboxylic acids is 2. The van der Waals surface area contributed by atoms with E-state index >= 15 is 0 Å². The van der Waals surface area contributed by atoms with E-state index in [0.717, 1.165) is 84.2 Å². The first-order chi connectivity index (χ1) is 66.7.